The third-order valence-corrected chi connectivity index (χ3v) is 7.49. The molecule has 0 bridgehead atoms. The minimum Gasteiger partial charge on any atom is -0.379 e. The maximum Gasteiger partial charge on any atom is 0.153 e. The molecule has 0 amide bonds. The molecule has 2 aromatic carbocycles. The van der Waals surface area contributed by atoms with Crippen LogP contribution in [0.25, 0.3) is 10.9 Å². The normalized spacial score (nSPS) is 16.1. The van der Waals surface area contributed by atoms with Crippen molar-refractivity contribution in [3.8, 4) is 0 Å². The van der Waals surface area contributed by atoms with E-state index in [9.17, 15) is 4.39 Å². The molecule has 0 saturated carbocycles. The Bertz CT molecular complexity index is 1360. The third-order valence-electron chi connectivity index (χ3n) is 7.49. The van der Waals surface area contributed by atoms with E-state index in [0.717, 1.165) is 69.3 Å². The number of aromatic nitrogens is 2. The quantitative estimate of drug-likeness (QED) is 0.365. The number of halogens is 2. The molecule has 2 aliphatic heterocycles. The predicted octanol–water partition coefficient (Wildman–Crippen LogP) is 5.35. The van der Waals surface area contributed by atoms with Crippen molar-refractivity contribution in [3.63, 3.8) is 0 Å². The Morgan fingerprint density at radius 1 is 0.944 bits per heavy atom. The minimum atomic E-state index is -0.198. The fraction of sp³-hybridized carbons (Fsp3) is 0.345. The standard InChI is InChI=1S/C29H31FN4O.ClH/c1-21-27(20-32-13-15-35-16-14-32)26-9-11-31-29(33-12-10-23-6-2-3-7-24(23)19-33)28(26)34(21)18-22-5-4-8-25(30)17-22;/h2-9,11,17H,10,12-16,18-20H2,1H3;1H. The number of pyridine rings is 1. The van der Waals surface area contributed by atoms with Crippen molar-refractivity contribution in [3.05, 3.63) is 94.6 Å². The second-order valence-electron chi connectivity index (χ2n) is 9.64. The first-order valence-electron chi connectivity index (χ1n) is 12.5. The number of fused-ring (bicyclic) bond motifs is 2. The molecule has 0 atom stereocenters. The Morgan fingerprint density at radius 2 is 1.75 bits per heavy atom. The van der Waals surface area contributed by atoms with Gasteiger partial charge in [0.15, 0.2) is 5.82 Å². The highest BCUT2D eigenvalue weighted by Crippen LogP contribution is 2.35. The van der Waals surface area contributed by atoms with Crippen molar-refractivity contribution in [1.82, 2.24) is 14.5 Å². The number of anilines is 1. The number of benzene rings is 2. The van der Waals surface area contributed by atoms with Crippen LogP contribution in [0.1, 0.15) is 27.9 Å². The van der Waals surface area contributed by atoms with E-state index < -0.39 is 0 Å². The molecule has 0 radical (unpaired) electrons. The summed E-state index contributed by atoms with van der Waals surface area (Å²) in [5.74, 6) is 0.820. The number of morpholine rings is 1. The number of hydrogen-bond acceptors (Lipinski definition) is 4. The van der Waals surface area contributed by atoms with Gasteiger partial charge in [0.25, 0.3) is 0 Å². The van der Waals surface area contributed by atoms with E-state index in [1.807, 2.05) is 12.3 Å². The molecule has 0 aliphatic carbocycles. The van der Waals surface area contributed by atoms with Crippen molar-refractivity contribution in [2.75, 3.05) is 37.7 Å². The molecule has 2 aromatic heterocycles. The lowest BCUT2D eigenvalue weighted by molar-refractivity contribution is 0.0342. The molecule has 1 fully saturated rings. The lowest BCUT2D eigenvalue weighted by atomic mass is 10.00. The first kappa shape index (κ1) is 24.8. The summed E-state index contributed by atoms with van der Waals surface area (Å²) < 4.78 is 22.0. The molecular formula is C29H32ClFN4O. The summed E-state index contributed by atoms with van der Waals surface area (Å²) >= 11 is 0. The Kier molecular flexibility index (Phi) is 7.28. The van der Waals surface area contributed by atoms with Crippen molar-refractivity contribution in [1.29, 1.82) is 0 Å². The van der Waals surface area contributed by atoms with Crippen LogP contribution in [0.2, 0.25) is 0 Å². The summed E-state index contributed by atoms with van der Waals surface area (Å²) in [6.45, 7) is 8.93. The molecular weight excluding hydrogens is 475 g/mol. The van der Waals surface area contributed by atoms with Crippen LogP contribution >= 0.6 is 12.4 Å². The van der Waals surface area contributed by atoms with Crippen LogP contribution in [0.5, 0.6) is 0 Å². The molecule has 0 spiro atoms. The molecule has 4 aromatic rings. The number of nitrogens with zero attached hydrogens (tertiary/aromatic N) is 4. The highest BCUT2D eigenvalue weighted by molar-refractivity contribution is 5.94. The van der Waals surface area contributed by atoms with Crippen LogP contribution < -0.4 is 4.90 Å². The van der Waals surface area contributed by atoms with E-state index in [1.54, 1.807) is 12.1 Å². The highest BCUT2D eigenvalue weighted by Gasteiger charge is 2.25. The fourth-order valence-corrected chi connectivity index (χ4v) is 5.58. The Labute approximate surface area is 217 Å². The zero-order valence-corrected chi connectivity index (χ0v) is 21.4. The fourth-order valence-electron chi connectivity index (χ4n) is 5.58. The number of ether oxygens (including phenoxy) is 1. The largest absolute Gasteiger partial charge is 0.379 e. The first-order valence-corrected chi connectivity index (χ1v) is 12.5. The highest BCUT2D eigenvalue weighted by atomic mass is 35.5. The lowest BCUT2D eigenvalue weighted by Crippen LogP contribution is -2.35. The molecule has 0 N–H and O–H groups in total. The van der Waals surface area contributed by atoms with E-state index in [0.29, 0.717) is 6.54 Å². The van der Waals surface area contributed by atoms with Gasteiger partial charge in [-0.3, -0.25) is 4.90 Å². The summed E-state index contributed by atoms with van der Waals surface area (Å²) in [6.07, 6.45) is 2.96. The van der Waals surface area contributed by atoms with Gasteiger partial charge in [-0.2, -0.15) is 0 Å². The first-order chi connectivity index (χ1) is 17.2. The number of hydrogen-bond donors (Lipinski definition) is 0. The van der Waals surface area contributed by atoms with Crippen LogP contribution in [0.15, 0.2) is 60.8 Å². The van der Waals surface area contributed by atoms with Gasteiger partial charge < -0.3 is 14.2 Å². The Morgan fingerprint density at radius 3 is 2.56 bits per heavy atom. The summed E-state index contributed by atoms with van der Waals surface area (Å²) in [5, 5.41) is 1.24. The summed E-state index contributed by atoms with van der Waals surface area (Å²) in [4.78, 5) is 9.80. The molecule has 6 rings (SSSR count). The van der Waals surface area contributed by atoms with Crippen LogP contribution in [0.3, 0.4) is 0 Å². The van der Waals surface area contributed by atoms with E-state index >= 15 is 0 Å². The average Bonchev–Trinajstić information content (AvgIpc) is 3.15. The van der Waals surface area contributed by atoms with E-state index in [1.165, 1.54) is 33.8 Å². The predicted molar refractivity (Wildman–Crippen MR) is 145 cm³/mol. The SMILES string of the molecule is Cc1c(CN2CCOCC2)c2ccnc(N3CCc4ccccc4C3)c2n1Cc1cccc(F)c1.Cl. The summed E-state index contributed by atoms with van der Waals surface area (Å²) in [6, 6.07) is 17.8. The maximum absolute atomic E-state index is 14.1. The van der Waals surface area contributed by atoms with Crippen molar-refractivity contribution >= 4 is 29.1 Å². The van der Waals surface area contributed by atoms with Gasteiger partial charge in [0.05, 0.1) is 18.7 Å². The Hall–Kier alpha value is -2.93. The van der Waals surface area contributed by atoms with Crippen LogP contribution in [-0.4, -0.2) is 47.3 Å². The van der Waals surface area contributed by atoms with Crippen LogP contribution in [0, 0.1) is 12.7 Å². The average molecular weight is 507 g/mol. The second-order valence-corrected chi connectivity index (χ2v) is 9.64. The van der Waals surface area contributed by atoms with Crippen molar-refractivity contribution in [2.45, 2.75) is 33.0 Å². The van der Waals surface area contributed by atoms with Gasteiger partial charge >= 0.3 is 0 Å². The molecule has 0 unspecified atom stereocenters. The molecule has 5 nitrogen and oxygen atoms in total. The number of rotatable bonds is 5. The van der Waals surface area contributed by atoms with Gasteiger partial charge in [0, 0.05) is 56.5 Å². The maximum atomic E-state index is 14.1. The van der Waals surface area contributed by atoms with Crippen LogP contribution in [0.4, 0.5) is 10.2 Å². The molecule has 36 heavy (non-hydrogen) atoms. The van der Waals surface area contributed by atoms with Crippen LogP contribution in [-0.2, 0) is 30.8 Å². The lowest BCUT2D eigenvalue weighted by Gasteiger charge is -2.30. The minimum absolute atomic E-state index is 0. The Balaban J connectivity index is 0.00000267. The molecule has 1 saturated heterocycles. The van der Waals surface area contributed by atoms with Crippen molar-refractivity contribution < 1.29 is 9.13 Å². The molecule has 7 heteroatoms. The smallest absolute Gasteiger partial charge is 0.153 e. The van der Waals surface area contributed by atoms with E-state index in [2.05, 4.69) is 51.6 Å². The molecule has 4 heterocycles. The van der Waals surface area contributed by atoms with Gasteiger partial charge in [-0.15, -0.1) is 12.4 Å². The zero-order chi connectivity index (χ0) is 23.8. The van der Waals surface area contributed by atoms with Gasteiger partial charge in [0.2, 0.25) is 0 Å². The second kappa shape index (κ2) is 10.6. The van der Waals surface area contributed by atoms with Crippen molar-refractivity contribution in [2.24, 2.45) is 0 Å². The molecule has 2 aliphatic rings. The zero-order valence-electron chi connectivity index (χ0n) is 20.6. The van der Waals surface area contributed by atoms with Gasteiger partial charge in [-0.1, -0.05) is 36.4 Å². The van der Waals surface area contributed by atoms with E-state index in [-0.39, 0.29) is 18.2 Å². The van der Waals surface area contributed by atoms with Gasteiger partial charge in [0.1, 0.15) is 5.82 Å². The monoisotopic (exact) mass is 506 g/mol. The summed E-state index contributed by atoms with van der Waals surface area (Å²) in [7, 11) is 0. The van der Waals surface area contributed by atoms with Gasteiger partial charge in [-0.05, 0) is 53.8 Å². The van der Waals surface area contributed by atoms with Gasteiger partial charge in [-0.25, -0.2) is 9.37 Å². The third kappa shape index (κ3) is 4.73. The topological polar surface area (TPSA) is 33.5 Å². The summed E-state index contributed by atoms with van der Waals surface area (Å²) in [5.41, 5.74) is 7.46. The van der Waals surface area contributed by atoms with E-state index in [4.69, 9.17) is 9.72 Å². The molecule has 188 valence electrons.